The van der Waals surface area contributed by atoms with Crippen molar-refractivity contribution < 1.29 is 14.6 Å². The largest absolute Gasteiger partial charge is 0.481 e. The van der Waals surface area contributed by atoms with Gasteiger partial charge in [-0.25, -0.2) is 9.67 Å². The highest BCUT2D eigenvalue weighted by Gasteiger charge is 2.17. The zero-order chi connectivity index (χ0) is 16.9. The number of nitrogens with zero attached hydrogens (tertiary/aromatic N) is 4. The third-order valence-corrected chi connectivity index (χ3v) is 3.31. The van der Waals surface area contributed by atoms with Crippen molar-refractivity contribution >= 4 is 5.91 Å². The predicted octanol–water partition coefficient (Wildman–Crippen LogP) is 0.388. The third kappa shape index (κ3) is 3.10. The van der Waals surface area contributed by atoms with Gasteiger partial charge in [-0.05, 0) is 12.1 Å². The first-order valence-corrected chi connectivity index (χ1v) is 7.21. The normalized spacial score (nSPS) is 10.6. The molecule has 24 heavy (non-hydrogen) atoms. The first-order valence-electron chi connectivity index (χ1n) is 7.21. The number of carbonyl (C=O) groups excluding carboxylic acids is 1. The van der Waals surface area contributed by atoms with Gasteiger partial charge in [0.2, 0.25) is 5.88 Å². The number of methoxy groups -OCH3 is 1. The summed E-state index contributed by atoms with van der Waals surface area (Å²) in [5.74, 6) is 0.116. The van der Waals surface area contributed by atoms with Crippen molar-refractivity contribution in [3.63, 3.8) is 0 Å². The highest BCUT2D eigenvalue weighted by molar-refractivity contribution is 5.93. The van der Waals surface area contributed by atoms with E-state index in [1.165, 1.54) is 7.11 Å². The number of aromatic nitrogens is 5. The van der Waals surface area contributed by atoms with E-state index in [1.54, 1.807) is 41.5 Å². The lowest BCUT2D eigenvalue weighted by atomic mass is 10.2. The van der Waals surface area contributed by atoms with Crippen molar-refractivity contribution in [1.29, 1.82) is 0 Å². The Morgan fingerprint density at radius 3 is 2.92 bits per heavy atom. The van der Waals surface area contributed by atoms with E-state index in [2.05, 4.69) is 25.6 Å². The number of H-pyrrole nitrogens is 1. The molecule has 0 bridgehead atoms. The van der Waals surface area contributed by atoms with Gasteiger partial charge >= 0.3 is 0 Å². The van der Waals surface area contributed by atoms with Crippen LogP contribution in [0.15, 0.2) is 36.8 Å². The number of hydrogen-bond acceptors (Lipinski definition) is 6. The van der Waals surface area contributed by atoms with E-state index in [0.29, 0.717) is 17.3 Å². The number of aliphatic hydroxyl groups is 1. The zero-order valence-corrected chi connectivity index (χ0v) is 12.9. The lowest BCUT2D eigenvalue weighted by Gasteiger charge is -2.06. The molecule has 0 fully saturated rings. The van der Waals surface area contributed by atoms with E-state index in [9.17, 15) is 4.79 Å². The van der Waals surface area contributed by atoms with Crippen LogP contribution < -0.4 is 10.1 Å². The van der Waals surface area contributed by atoms with Crippen LogP contribution in [0, 0.1) is 0 Å². The van der Waals surface area contributed by atoms with Gasteiger partial charge < -0.3 is 15.2 Å². The Morgan fingerprint density at radius 2 is 2.29 bits per heavy atom. The first kappa shape index (κ1) is 15.7. The summed E-state index contributed by atoms with van der Waals surface area (Å²) in [6, 6.07) is 5.15. The van der Waals surface area contributed by atoms with Gasteiger partial charge in [-0.2, -0.15) is 10.2 Å². The van der Waals surface area contributed by atoms with E-state index in [-0.39, 0.29) is 24.8 Å². The van der Waals surface area contributed by atoms with Crippen LogP contribution in [0.1, 0.15) is 10.5 Å². The van der Waals surface area contributed by atoms with E-state index >= 15 is 0 Å². The Kier molecular flexibility index (Phi) is 4.52. The van der Waals surface area contributed by atoms with Crippen molar-refractivity contribution in [1.82, 2.24) is 30.3 Å². The van der Waals surface area contributed by atoms with Crippen molar-refractivity contribution in [3.05, 3.63) is 42.5 Å². The third-order valence-electron chi connectivity index (χ3n) is 3.31. The van der Waals surface area contributed by atoms with Gasteiger partial charge in [0.05, 0.1) is 37.5 Å². The van der Waals surface area contributed by atoms with Gasteiger partial charge in [0.1, 0.15) is 0 Å². The summed E-state index contributed by atoms with van der Waals surface area (Å²) >= 11 is 0. The Hall–Kier alpha value is -3.20. The summed E-state index contributed by atoms with van der Waals surface area (Å²) in [6.07, 6.45) is 4.95. The number of rotatable bonds is 6. The van der Waals surface area contributed by atoms with Crippen LogP contribution in [-0.2, 0) is 0 Å². The molecule has 0 aliphatic heterocycles. The summed E-state index contributed by atoms with van der Waals surface area (Å²) < 4.78 is 6.65. The van der Waals surface area contributed by atoms with E-state index in [1.807, 2.05) is 0 Å². The fraction of sp³-hybridized carbons (Fsp3) is 0.200. The molecular weight excluding hydrogens is 312 g/mol. The number of aliphatic hydroxyl groups excluding tert-OH is 1. The van der Waals surface area contributed by atoms with Crippen LogP contribution in [0.3, 0.4) is 0 Å². The number of ether oxygens (including phenoxy) is 1. The fourth-order valence-corrected chi connectivity index (χ4v) is 2.16. The summed E-state index contributed by atoms with van der Waals surface area (Å²) in [5.41, 5.74) is 2.37. The molecule has 0 aliphatic rings. The number of hydrogen-bond donors (Lipinski definition) is 3. The summed E-state index contributed by atoms with van der Waals surface area (Å²) in [5, 5.41) is 22.4. The topological polar surface area (TPSA) is 118 Å². The second-order valence-electron chi connectivity index (χ2n) is 4.85. The molecule has 0 saturated carbocycles. The van der Waals surface area contributed by atoms with Crippen LogP contribution in [0.5, 0.6) is 5.88 Å². The SMILES string of the molecule is COc1ccc(-n2nc(C(=O)NCCO)cc2-c2cn[nH]c2)cn1. The Balaban J connectivity index is 2.02. The minimum Gasteiger partial charge on any atom is -0.481 e. The second kappa shape index (κ2) is 6.92. The number of carbonyl (C=O) groups is 1. The molecule has 3 rings (SSSR count). The van der Waals surface area contributed by atoms with Crippen LogP contribution in [0.2, 0.25) is 0 Å². The van der Waals surface area contributed by atoms with Gasteiger partial charge in [-0.3, -0.25) is 9.89 Å². The molecule has 0 spiro atoms. The van der Waals surface area contributed by atoms with Gasteiger partial charge in [0.15, 0.2) is 5.69 Å². The molecule has 9 heteroatoms. The zero-order valence-electron chi connectivity index (χ0n) is 12.9. The molecule has 0 unspecified atom stereocenters. The Labute approximate surface area is 137 Å². The number of amides is 1. The molecule has 3 aromatic rings. The lowest BCUT2D eigenvalue weighted by molar-refractivity contribution is 0.0939. The van der Waals surface area contributed by atoms with Crippen LogP contribution >= 0.6 is 0 Å². The van der Waals surface area contributed by atoms with Gasteiger partial charge in [-0.1, -0.05) is 0 Å². The van der Waals surface area contributed by atoms with Gasteiger partial charge in [-0.15, -0.1) is 0 Å². The van der Waals surface area contributed by atoms with E-state index in [0.717, 1.165) is 5.56 Å². The maximum absolute atomic E-state index is 12.1. The minimum absolute atomic E-state index is 0.135. The Bertz CT molecular complexity index is 810. The van der Waals surface area contributed by atoms with Crippen LogP contribution in [0.25, 0.3) is 16.9 Å². The van der Waals surface area contributed by atoms with Crippen LogP contribution in [-0.4, -0.2) is 56.2 Å². The molecule has 3 aromatic heterocycles. The Morgan fingerprint density at radius 1 is 1.42 bits per heavy atom. The van der Waals surface area contributed by atoms with E-state index < -0.39 is 0 Å². The average molecular weight is 328 g/mol. The molecule has 0 radical (unpaired) electrons. The standard InChI is InChI=1S/C15H16N6O3/c1-24-14-3-2-11(9-17-14)21-13(10-7-18-19-8-10)6-12(20-21)15(23)16-4-5-22/h2-3,6-9,22H,4-5H2,1H3,(H,16,23)(H,18,19). The van der Waals surface area contributed by atoms with Gasteiger partial charge in [0.25, 0.3) is 5.91 Å². The molecule has 0 aromatic carbocycles. The minimum atomic E-state index is -0.367. The number of pyridine rings is 1. The second-order valence-corrected chi connectivity index (χ2v) is 4.85. The molecule has 1 amide bonds. The molecule has 0 aliphatic carbocycles. The molecule has 0 atom stereocenters. The predicted molar refractivity (Wildman–Crippen MR) is 84.9 cm³/mol. The first-order chi connectivity index (χ1) is 11.7. The maximum atomic E-state index is 12.1. The number of nitrogens with one attached hydrogen (secondary N) is 2. The average Bonchev–Trinajstić information content (AvgIpc) is 3.28. The molecular formula is C15H16N6O3. The van der Waals surface area contributed by atoms with Crippen molar-refractivity contribution in [3.8, 4) is 22.8 Å². The monoisotopic (exact) mass is 328 g/mol. The van der Waals surface area contributed by atoms with Crippen molar-refractivity contribution in [2.75, 3.05) is 20.3 Å². The molecule has 9 nitrogen and oxygen atoms in total. The molecule has 124 valence electrons. The number of aromatic amines is 1. The van der Waals surface area contributed by atoms with Crippen molar-refractivity contribution in [2.24, 2.45) is 0 Å². The van der Waals surface area contributed by atoms with Gasteiger partial charge in [0, 0.05) is 24.4 Å². The van der Waals surface area contributed by atoms with Crippen molar-refractivity contribution in [2.45, 2.75) is 0 Å². The highest BCUT2D eigenvalue weighted by atomic mass is 16.5. The fourth-order valence-electron chi connectivity index (χ4n) is 2.16. The van der Waals surface area contributed by atoms with E-state index in [4.69, 9.17) is 9.84 Å². The molecule has 3 N–H and O–H groups in total. The highest BCUT2D eigenvalue weighted by Crippen LogP contribution is 2.23. The summed E-state index contributed by atoms with van der Waals surface area (Å²) in [6.45, 7) is 0.0280. The molecule has 0 saturated heterocycles. The summed E-state index contributed by atoms with van der Waals surface area (Å²) in [4.78, 5) is 16.3. The lowest BCUT2D eigenvalue weighted by Crippen LogP contribution is -2.26. The summed E-state index contributed by atoms with van der Waals surface area (Å²) in [7, 11) is 1.54. The maximum Gasteiger partial charge on any atom is 0.271 e. The quantitative estimate of drug-likeness (QED) is 0.602. The smallest absolute Gasteiger partial charge is 0.271 e. The van der Waals surface area contributed by atoms with Crippen LogP contribution in [0.4, 0.5) is 0 Å². The molecule has 3 heterocycles.